The third-order valence-corrected chi connectivity index (χ3v) is 4.03. The van der Waals surface area contributed by atoms with Gasteiger partial charge in [0, 0.05) is 6.54 Å². The second-order valence-electron chi connectivity index (χ2n) is 4.96. The number of esters is 1. The van der Waals surface area contributed by atoms with Crippen molar-refractivity contribution >= 4 is 18.3 Å². The molecule has 1 N–H and O–H groups in total. The Morgan fingerprint density at radius 1 is 1.58 bits per heavy atom. The van der Waals surface area contributed by atoms with E-state index < -0.39 is 17.7 Å². The normalized spacial score (nSPS) is 30.8. The average Bonchev–Trinajstić information content (AvgIpc) is 2.83. The van der Waals surface area contributed by atoms with Crippen LogP contribution in [0.25, 0.3) is 0 Å². The minimum Gasteiger partial charge on any atom is -0.468 e. The number of nitrogens with zero attached hydrogens (tertiary/aromatic N) is 2. The maximum atomic E-state index is 12.5. The summed E-state index contributed by atoms with van der Waals surface area (Å²) < 4.78 is 4.53. The molecular weight excluding hydrogens is 252 g/mol. The van der Waals surface area contributed by atoms with Crippen LogP contribution in [-0.4, -0.2) is 65.2 Å². The summed E-state index contributed by atoms with van der Waals surface area (Å²) >= 11 is 0. The lowest BCUT2D eigenvalue weighted by Crippen LogP contribution is -2.63. The Labute approximate surface area is 111 Å². The van der Waals surface area contributed by atoms with Gasteiger partial charge in [0.2, 0.25) is 6.41 Å². The van der Waals surface area contributed by atoms with E-state index >= 15 is 0 Å². The Kier molecular flexibility index (Phi) is 3.75. The zero-order valence-electron chi connectivity index (χ0n) is 10.9. The Morgan fingerprint density at radius 3 is 2.95 bits per heavy atom. The number of methoxy groups -OCH3 is 1. The molecule has 0 aromatic heterocycles. The lowest BCUT2D eigenvalue weighted by atomic mass is 9.85. The van der Waals surface area contributed by atoms with Gasteiger partial charge in [0.25, 0.3) is 5.91 Å². The van der Waals surface area contributed by atoms with Crippen molar-refractivity contribution in [2.24, 2.45) is 0 Å². The smallest absolute Gasteiger partial charge is 0.325 e. The molecule has 0 aromatic rings. The second kappa shape index (κ2) is 5.16. The molecule has 0 bridgehead atoms. The molecule has 0 radical (unpaired) electrons. The van der Waals surface area contributed by atoms with Crippen molar-refractivity contribution in [3.63, 3.8) is 0 Å². The van der Waals surface area contributed by atoms with Crippen molar-refractivity contribution in [3.8, 4) is 0 Å². The number of hydrogen-bond donors (Lipinski definition) is 1. The van der Waals surface area contributed by atoms with Crippen LogP contribution >= 0.6 is 0 Å². The number of piperidine rings is 1. The second-order valence-corrected chi connectivity index (χ2v) is 4.96. The van der Waals surface area contributed by atoms with Crippen LogP contribution in [0, 0.1) is 0 Å². The van der Waals surface area contributed by atoms with Gasteiger partial charge in [0.15, 0.2) is 0 Å². The molecule has 1 spiro atoms. The summed E-state index contributed by atoms with van der Waals surface area (Å²) in [6.07, 6.45) is 1.81. The van der Waals surface area contributed by atoms with Crippen molar-refractivity contribution < 1.29 is 24.2 Å². The van der Waals surface area contributed by atoms with Gasteiger partial charge < -0.3 is 19.6 Å². The van der Waals surface area contributed by atoms with Crippen molar-refractivity contribution in [2.45, 2.75) is 37.5 Å². The molecule has 7 heteroatoms. The molecule has 7 nitrogen and oxygen atoms in total. The highest BCUT2D eigenvalue weighted by molar-refractivity contribution is 5.92. The quantitative estimate of drug-likeness (QED) is 0.530. The molecule has 0 aliphatic carbocycles. The first kappa shape index (κ1) is 13.8. The van der Waals surface area contributed by atoms with Gasteiger partial charge in [0.1, 0.15) is 18.3 Å². The first-order valence-corrected chi connectivity index (χ1v) is 6.33. The average molecular weight is 270 g/mol. The van der Waals surface area contributed by atoms with Gasteiger partial charge in [0.05, 0.1) is 7.11 Å². The third kappa shape index (κ3) is 2.18. The number of likely N-dealkylation sites (tertiary alicyclic amines) is 2. The highest BCUT2D eigenvalue weighted by Crippen LogP contribution is 2.38. The number of rotatable bonds is 3. The Morgan fingerprint density at radius 2 is 2.32 bits per heavy atom. The molecule has 2 aliphatic heterocycles. The van der Waals surface area contributed by atoms with E-state index in [1.165, 1.54) is 12.0 Å². The molecule has 2 atom stereocenters. The zero-order valence-corrected chi connectivity index (χ0v) is 10.9. The number of amides is 2. The van der Waals surface area contributed by atoms with E-state index in [4.69, 9.17) is 0 Å². The molecule has 19 heavy (non-hydrogen) atoms. The fourth-order valence-corrected chi connectivity index (χ4v) is 2.97. The van der Waals surface area contributed by atoms with E-state index in [1.807, 2.05) is 0 Å². The van der Waals surface area contributed by atoms with Crippen molar-refractivity contribution in [1.82, 2.24) is 9.80 Å². The fraction of sp³-hybridized carbons (Fsp3) is 0.750. The van der Waals surface area contributed by atoms with Gasteiger partial charge in [-0.3, -0.25) is 14.4 Å². The topological polar surface area (TPSA) is 87.2 Å². The van der Waals surface area contributed by atoms with E-state index in [0.717, 1.165) is 11.3 Å². The minimum atomic E-state index is -0.994. The lowest BCUT2D eigenvalue weighted by Gasteiger charge is -2.45. The highest BCUT2D eigenvalue weighted by atomic mass is 16.5. The summed E-state index contributed by atoms with van der Waals surface area (Å²) in [5.41, 5.74) is -0.880. The van der Waals surface area contributed by atoms with Crippen molar-refractivity contribution in [3.05, 3.63) is 0 Å². The van der Waals surface area contributed by atoms with Gasteiger partial charge in [-0.05, 0) is 25.7 Å². The fourth-order valence-electron chi connectivity index (χ4n) is 2.97. The van der Waals surface area contributed by atoms with Gasteiger partial charge >= 0.3 is 5.97 Å². The molecule has 0 aromatic carbocycles. The van der Waals surface area contributed by atoms with Crippen LogP contribution in [0.4, 0.5) is 0 Å². The largest absolute Gasteiger partial charge is 0.468 e. The maximum Gasteiger partial charge on any atom is 0.325 e. The van der Waals surface area contributed by atoms with Crippen LogP contribution in [0.5, 0.6) is 0 Å². The number of carbonyl (C=O) groups is 3. The summed E-state index contributed by atoms with van der Waals surface area (Å²) in [4.78, 5) is 37.5. The summed E-state index contributed by atoms with van der Waals surface area (Å²) in [6, 6.07) is 0. The molecule has 2 heterocycles. The van der Waals surface area contributed by atoms with Gasteiger partial charge in [-0.1, -0.05) is 0 Å². The predicted molar refractivity (Wildman–Crippen MR) is 63.7 cm³/mol. The van der Waals surface area contributed by atoms with Crippen LogP contribution in [-0.2, 0) is 19.1 Å². The monoisotopic (exact) mass is 270 g/mol. The number of ether oxygens (including phenoxy) is 1. The Balaban J connectivity index is 2.22. The van der Waals surface area contributed by atoms with Crippen LogP contribution in [0.15, 0.2) is 0 Å². The molecule has 2 aliphatic rings. The molecule has 2 fully saturated rings. The standard InChI is InChI=1S/C12H18N2O5/c1-19-10(17)7-14-9(16)3-5-12(11(14)18)4-2-6-13(12)8-15/h8-9,16H,2-7H2,1H3/t9?,12-/m1/s1. The van der Waals surface area contributed by atoms with Gasteiger partial charge in [-0.2, -0.15) is 0 Å². The van der Waals surface area contributed by atoms with Crippen LogP contribution < -0.4 is 0 Å². The van der Waals surface area contributed by atoms with Crippen molar-refractivity contribution in [2.75, 3.05) is 20.2 Å². The molecular formula is C12H18N2O5. The van der Waals surface area contributed by atoms with E-state index in [-0.39, 0.29) is 12.5 Å². The maximum absolute atomic E-state index is 12.5. The molecule has 106 valence electrons. The SMILES string of the molecule is COC(=O)CN1C(=O)[C@@]2(CCCN2C=O)CCC1O. The number of hydrogen-bond acceptors (Lipinski definition) is 5. The van der Waals surface area contributed by atoms with Crippen LogP contribution in [0.3, 0.4) is 0 Å². The first-order chi connectivity index (χ1) is 9.05. The molecule has 2 rings (SSSR count). The minimum absolute atomic E-state index is 0.287. The summed E-state index contributed by atoms with van der Waals surface area (Å²) in [6.45, 7) is 0.252. The van der Waals surface area contributed by atoms with E-state index in [0.29, 0.717) is 32.2 Å². The molecule has 2 saturated heterocycles. The van der Waals surface area contributed by atoms with Crippen LogP contribution in [0.2, 0.25) is 0 Å². The Hall–Kier alpha value is -1.63. The van der Waals surface area contributed by atoms with Gasteiger partial charge in [-0.15, -0.1) is 0 Å². The van der Waals surface area contributed by atoms with Crippen LogP contribution in [0.1, 0.15) is 25.7 Å². The zero-order chi connectivity index (χ0) is 14.0. The molecule has 2 amide bonds. The summed E-state index contributed by atoms with van der Waals surface area (Å²) in [7, 11) is 1.23. The highest BCUT2D eigenvalue weighted by Gasteiger charge is 2.53. The van der Waals surface area contributed by atoms with Gasteiger partial charge in [-0.25, -0.2) is 0 Å². The predicted octanol–water partition coefficient (Wildman–Crippen LogP) is -0.909. The number of carbonyl (C=O) groups excluding carboxylic acids is 3. The van der Waals surface area contributed by atoms with Crippen molar-refractivity contribution in [1.29, 1.82) is 0 Å². The molecule has 0 saturated carbocycles. The Bertz CT molecular complexity index is 400. The summed E-state index contributed by atoms with van der Waals surface area (Å²) in [5, 5.41) is 9.88. The third-order valence-electron chi connectivity index (χ3n) is 4.03. The first-order valence-electron chi connectivity index (χ1n) is 6.33. The number of aliphatic hydroxyl groups excluding tert-OH is 1. The van der Waals surface area contributed by atoms with E-state index in [1.54, 1.807) is 0 Å². The number of aliphatic hydroxyl groups is 1. The summed E-state index contributed by atoms with van der Waals surface area (Å²) in [5.74, 6) is -0.943. The molecule has 1 unspecified atom stereocenters. The van der Waals surface area contributed by atoms with E-state index in [2.05, 4.69) is 4.74 Å². The lowest BCUT2D eigenvalue weighted by molar-refractivity contribution is -0.170. The van der Waals surface area contributed by atoms with E-state index in [9.17, 15) is 19.5 Å².